The molecule has 6 nitrogen and oxygen atoms in total. The third-order valence-electron chi connectivity index (χ3n) is 4.05. The Bertz CT molecular complexity index is 455. The molecule has 2 rings (SSSR count). The number of nitrogens with zero attached hydrogens (tertiary/aromatic N) is 2. The Kier molecular flexibility index (Phi) is 7.94. The van der Waals surface area contributed by atoms with Crippen LogP contribution in [0, 0.1) is 0 Å². The maximum Gasteiger partial charge on any atom is 0.282 e. The van der Waals surface area contributed by atoms with E-state index in [0.717, 1.165) is 32.1 Å². The molecule has 1 aromatic heterocycles. The Hall–Kier alpha value is -1.02. The van der Waals surface area contributed by atoms with E-state index in [0.29, 0.717) is 31.1 Å². The zero-order chi connectivity index (χ0) is 16.5. The van der Waals surface area contributed by atoms with Gasteiger partial charge >= 0.3 is 0 Å². The SMILES string of the molecule is O=C(c1nccs1)N1CCCCCCCOC[C@@H](O)[C@@H](O)CC1. The molecule has 0 aliphatic carbocycles. The molecule has 0 spiro atoms. The van der Waals surface area contributed by atoms with Gasteiger partial charge in [0, 0.05) is 31.3 Å². The molecule has 1 aliphatic rings. The number of thiazole rings is 1. The highest BCUT2D eigenvalue weighted by Gasteiger charge is 2.22. The molecule has 130 valence electrons. The van der Waals surface area contributed by atoms with Crippen LogP contribution in [0.15, 0.2) is 11.6 Å². The van der Waals surface area contributed by atoms with Crippen LogP contribution in [0.2, 0.25) is 0 Å². The van der Waals surface area contributed by atoms with Crippen LogP contribution in [0.25, 0.3) is 0 Å². The third-order valence-corrected chi connectivity index (χ3v) is 4.81. The van der Waals surface area contributed by atoms with Gasteiger partial charge in [0.25, 0.3) is 5.91 Å². The van der Waals surface area contributed by atoms with Crippen molar-refractivity contribution in [3.63, 3.8) is 0 Å². The number of carbonyl (C=O) groups excluding carboxylic acids is 1. The molecule has 2 N–H and O–H groups in total. The molecule has 1 saturated heterocycles. The van der Waals surface area contributed by atoms with Gasteiger partial charge in [0.1, 0.15) is 6.10 Å². The molecular formula is C16H26N2O4S. The molecule has 1 fully saturated rings. The highest BCUT2D eigenvalue weighted by Crippen LogP contribution is 2.13. The van der Waals surface area contributed by atoms with Crippen LogP contribution in [-0.4, -0.2) is 64.5 Å². The average Bonchev–Trinajstić information content (AvgIpc) is 3.08. The number of hydrogen-bond acceptors (Lipinski definition) is 6. The van der Waals surface area contributed by atoms with Crippen LogP contribution in [0.3, 0.4) is 0 Å². The predicted molar refractivity (Wildman–Crippen MR) is 88.6 cm³/mol. The number of ether oxygens (including phenoxy) is 1. The number of aromatic nitrogens is 1. The summed E-state index contributed by atoms with van der Waals surface area (Å²) in [6.45, 7) is 1.84. The minimum Gasteiger partial charge on any atom is -0.390 e. The smallest absolute Gasteiger partial charge is 0.282 e. The summed E-state index contributed by atoms with van der Waals surface area (Å²) in [5.41, 5.74) is 0. The summed E-state index contributed by atoms with van der Waals surface area (Å²) in [4.78, 5) is 18.3. The van der Waals surface area contributed by atoms with Crippen molar-refractivity contribution < 1.29 is 19.7 Å². The van der Waals surface area contributed by atoms with Crippen LogP contribution in [-0.2, 0) is 4.74 Å². The number of hydrogen-bond donors (Lipinski definition) is 2. The fourth-order valence-electron chi connectivity index (χ4n) is 2.61. The second-order valence-electron chi connectivity index (χ2n) is 5.90. The first-order valence-corrected chi connectivity index (χ1v) is 9.19. The van der Waals surface area contributed by atoms with E-state index >= 15 is 0 Å². The van der Waals surface area contributed by atoms with E-state index in [4.69, 9.17) is 4.74 Å². The second kappa shape index (κ2) is 9.97. The average molecular weight is 342 g/mol. The Morgan fingerprint density at radius 1 is 1.17 bits per heavy atom. The van der Waals surface area contributed by atoms with Gasteiger partial charge in [0.2, 0.25) is 0 Å². The number of amides is 1. The van der Waals surface area contributed by atoms with Crippen molar-refractivity contribution in [1.82, 2.24) is 9.88 Å². The number of aliphatic hydroxyl groups is 2. The summed E-state index contributed by atoms with van der Waals surface area (Å²) in [6, 6.07) is 0. The Morgan fingerprint density at radius 2 is 1.96 bits per heavy atom. The summed E-state index contributed by atoms with van der Waals surface area (Å²) in [5.74, 6) is -0.0926. The molecular weight excluding hydrogens is 316 g/mol. The second-order valence-corrected chi connectivity index (χ2v) is 6.79. The molecule has 0 unspecified atom stereocenters. The summed E-state index contributed by atoms with van der Waals surface area (Å²) in [6.07, 6.45) is 5.35. The van der Waals surface area contributed by atoms with Crippen molar-refractivity contribution in [3.05, 3.63) is 16.6 Å². The van der Waals surface area contributed by atoms with Crippen molar-refractivity contribution in [1.29, 1.82) is 0 Å². The molecule has 0 aromatic carbocycles. The molecule has 7 heteroatoms. The lowest BCUT2D eigenvalue weighted by atomic mass is 10.1. The zero-order valence-corrected chi connectivity index (χ0v) is 14.2. The van der Waals surface area contributed by atoms with E-state index in [1.165, 1.54) is 11.3 Å². The van der Waals surface area contributed by atoms with Crippen LogP contribution in [0.1, 0.15) is 48.3 Å². The summed E-state index contributed by atoms with van der Waals surface area (Å²) >= 11 is 1.33. The maximum absolute atomic E-state index is 12.5. The quantitative estimate of drug-likeness (QED) is 0.811. The lowest BCUT2D eigenvalue weighted by Crippen LogP contribution is -2.38. The van der Waals surface area contributed by atoms with Gasteiger partial charge in [0.15, 0.2) is 5.01 Å². The van der Waals surface area contributed by atoms with E-state index in [9.17, 15) is 15.0 Å². The Morgan fingerprint density at radius 3 is 2.74 bits per heavy atom. The molecule has 1 aromatic rings. The van der Waals surface area contributed by atoms with Gasteiger partial charge in [-0.2, -0.15) is 0 Å². The van der Waals surface area contributed by atoms with Gasteiger partial charge in [-0.1, -0.05) is 19.3 Å². The van der Waals surface area contributed by atoms with Crippen LogP contribution >= 0.6 is 11.3 Å². The fourth-order valence-corrected chi connectivity index (χ4v) is 3.21. The molecule has 2 atom stereocenters. The van der Waals surface area contributed by atoms with Crippen molar-refractivity contribution in [3.8, 4) is 0 Å². The first-order valence-electron chi connectivity index (χ1n) is 8.31. The Labute approximate surface area is 141 Å². The van der Waals surface area contributed by atoms with E-state index in [2.05, 4.69) is 4.98 Å². The standard InChI is InChI=1S/C16H26N2O4S/c19-13-6-9-18(16(21)15-17-7-11-23-15)8-4-2-1-3-5-10-22-12-14(13)20/h7,11,13-14,19-20H,1-6,8-10,12H2/t13-,14+/m0/s1. The summed E-state index contributed by atoms with van der Waals surface area (Å²) < 4.78 is 5.40. The van der Waals surface area contributed by atoms with Crippen molar-refractivity contribution >= 4 is 17.2 Å². The molecule has 0 radical (unpaired) electrons. The van der Waals surface area contributed by atoms with Gasteiger partial charge < -0.3 is 19.8 Å². The fraction of sp³-hybridized carbons (Fsp3) is 0.750. The third kappa shape index (κ3) is 6.18. The van der Waals surface area contributed by atoms with Gasteiger partial charge in [-0.05, 0) is 19.3 Å². The summed E-state index contributed by atoms with van der Waals surface area (Å²) in [7, 11) is 0. The largest absolute Gasteiger partial charge is 0.390 e. The van der Waals surface area contributed by atoms with Crippen LogP contribution in [0.4, 0.5) is 0 Å². The van der Waals surface area contributed by atoms with Crippen molar-refractivity contribution in [2.24, 2.45) is 0 Å². The molecule has 2 heterocycles. The minimum absolute atomic E-state index is 0.0926. The van der Waals surface area contributed by atoms with E-state index in [1.54, 1.807) is 16.5 Å². The number of carbonyl (C=O) groups is 1. The highest BCUT2D eigenvalue weighted by atomic mass is 32.1. The maximum atomic E-state index is 12.5. The van der Waals surface area contributed by atoms with Crippen molar-refractivity contribution in [2.75, 3.05) is 26.3 Å². The van der Waals surface area contributed by atoms with Crippen LogP contribution < -0.4 is 0 Å². The zero-order valence-electron chi connectivity index (χ0n) is 13.4. The molecule has 0 bridgehead atoms. The monoisotopic (exact) mass is 342 g/mol. The molecule has 1 aliphatic heterocycles. The molecule has 1 amide bonds. The van der Waals surface area contributed by atoms with Gasteiger partial charge in [0.05, 0.1) is 12.7 Å². The van der Waals surface area contributed by atoms with E-state index < -0.39 is 12.2 Å². The van der Waals surface area contributed by atoms with Gasteiger partial charge in [-0.25, -0.2) is 4.98 Å². The van der Waals surface area contributed by atoms with E-state index in [1.807, 2.05) is 0 Å². The number of aliphatic hydroxyl groups excluding tert-OH is 2. The normalized spacial score (nSPS) is 25.7. The van der Waals surface area contributed by atoms with Crippen LogP contribution in [0.5, 0.6) is 0 Å². The first kappa shape index (κ1) is 18.3. The predicted octanol–water partition coefficient (Wildman–Crippen LogP) is 1.68. The lowest BCUT2D eigenvalue weighted by Gasteiger charge is -2.25. The Balaban J connectivity index is 1.96. The summed E-state index contributed by atoms with van der Waals surface area (Å²) in [5, 5.41) is 22.2. The van der Waals surface area contributed by atoms with Gasteiger partial charge in [-0.15, -0.1) is 11.3 Å². The first-order chi connectivity index (χ1) is 11.2. The lowest BCUT2D eigenvalue weighted by molar-refractivity contribution is -0.0434. The minimum atomic E-state index is -0.908. The van der Waals surface area contributed by atoms with Gasteiger partial charge in [-0.3, -0.25) is 4.79 Å². The van der Waals surface area contributed by atoms with E-state index in [-0.39, 0.29) is 12.5 Å². The highest BCUT2D eigenvalue weighted by molar-refractivity contribution is 7.11. The topological polar surface area (TPSA) is 82.9 Å². The van der Waals surface area contributed by atoms with Crippen molar-refractivity contribution in [2.45, 2.75) is 50.7 Å². The number of rotatable bonds is 1. The molecule has 0 saturated carbocycles. The molecule has 23 heavy (non-hydrogen) atoms.